The van der Waals surface area contributed by atoms with Crippen LogP contribution in [0, 0.1) is 0 Å². The van der Waals surface area contributed by atoms with Crippen molar-refractivity contribution in [1.82, 2.24) is 5.32 Å². The van der Waals surface area contributed by atoms with Crippen molar-refractivity contribution in [3.8, 4) is 0 Å². The summed E-state index contributed by atoms with van der Waals surface area (Å²) in [6.07, 6.45) is 1.02. The van der Waals surface area contributed by atoms with Crippen molar-refractivity contribution < 1.29 is 13.2 Å². The summed E-state index contributed by atoms with van der Waals surface area (Å²) in [4.78, 5) is 11.6. The van der Waals surface area contributed by atoms with E-state index in [0.717, 1.165) is 0 Å². The molecule has 1 aliphatic heterocycles. The van der Waals surface area contributed by atoms with E-state index >= 15 is 0 Å². The molecule has 1 fully saturated rings. The number of nitrogens with one attached hydrogen (secondary N) is 2. The van der Waals surface area contributed by atoms with E-state index in [1.165, 1.54) is 4.31 Å². The van der Waals surface area contributed by atoms with Gasteiger partial charge in [0.2, 0.25) is 15.9 Å². The lowest BCUT2D eigenvalue weighted by Crippen LogP contribution is -2.25. The highest BCUT2D eigenvalue weighted by atomic mass is 32.2. The van der Waals surface area contributed by atoms with Gasteiger partial charge in [-0.05, 0) is 31.7 Å². The molecule has 1 amide bonds. The highest BCUT2D eigenvalue weighted by Gasteiger charge is 2.28. The fraction of sp³-hybridized carbons (Fsp3) is 0.462. The van der Waals surface area contributed by atoms with E-state index in [1.54, 1.807) is 31.3 Å². The molecule has 6 nitrogen and oxygen atoms in total. The minimum atomic E-state index is -3.19. The Labute approximate surface area is 119 Å². The second kappa shape index (κ2) is 6.23. The molecule has 1 saturated heterocycles. The average Bonchev–Trinajstić information content (AvgIpc) is 2.76. The fourth-order valence-electron chi connectivity index (χ4n) is 2.13. The highest BCUT2D eigenvalue weighted by molar-refractivity contribution is 7.93. The van der Waals surface area contributed by atoms with E-state index in [0.29, 0.717) is 37.3 Å². The monoisotopic (exact) mass is 297 g/mol. The lowest BCUT2D eigenvalue weighted by molar-refractivity contribution is -0.116. The van der Waals surface area contributed by atoms with Crippen molar-refractivity contribution in [3.63, 3.8) is 0 Å². The molecule has 0 saturated carbocycles. The van der Waals surface area contributed by atoms with Gasteiger partial charge in [0, 0.05) is 25.2 Å². The topological polar surface area (TPSA) is 78.5 Å². The molecule has 0 bridgehead atoms. The van der Waals surface area contributed by atoms with E-state index < -0.39 is 10.0 Å². The average molecular weight is 297 g/mol. The van der Waals surface area contributed by atoms with Crippen molar-refractivity contribution in [1.29, 1.82) is 0 Å². The lowest BCUT2D eigenvalue weighted by atomic mass is 10.2. The van der Waals surface area contributed by atoms with Gasteiger partial charge in [-0.2, -0.15) is 0 Å². The minimum Gasteiger partial charge on any atom is -0.326 e. The first-order chi connectivity index (χ1) is 9.53. The van der Waals surface area contributed by atoms with Crippen LogP contribution in [-0.2, 0) is 14.8 Å². The zero-order valence-electron chi connectivity index (χ0n) is 11.4. The Bertz CT molecular complexity index is 586. The largest absolute Gasteiger partial charge is 0.326 e. The van der Waals surface area contributed by atoms with Gasteiger partial charge in [-0.15, -0.1) is 0 Å². The van der Waals surface area contributed by atoms with Gasteiger partial charge in [0.1, 0.15) is 0 Å². The Morgan fingerprint density at radius 3 is 2.85 bits per heavy atom. The molecular formula is C13H19N3O3S. The van der Waals surface area contributed by atoms with Crippen LogP contribution in [0.15, 0.2) is 24.3 Å². The molecule has 1 aromatic rings. The molecule has 1 aliphatic rings. The van der Waals surface area contributed by atoms with Crippen molar-refractivity contribution in [3.05, 3.63) is 24.3 Å². The molecule has 0 spiro atoms. The Morgan fingerprint density at radius 1 is 1.40 bits per heavy atom. The normalized spacial score (nSPS) is 17.1. The van der Waals surface area contributed by atoms with E-state index in [2.05, 4.69) is 10.6 Å². The smallest absolute Gasteiger partial charge is 0.235 e. The molecule has 0 aliphatic carbocycles. The maximum absolute atomic E-state index is 11.9. The van der Waals surface area contributed by atoms with E-state index in [4.69, 9.17) is 0 Å². The van der Waals surface area contributed by atoms with E-state index in [1.807, 2.05) is 0 Å². The van der Waals surface area contributed by atoms with Gasteiger partial charge in [-0.1, -0.05) is 6.07 Å². The van der Waals surface area contributed by atoms with Crippen molar-refractivity contribution in [2.75, 3.05) is 35.5 Å². The van der Waals surface area contributed by atoms with E-state index in [-0.39, 0.29) is 11.7 Å². The highest BCUT2D eigenvalue weighted by Crippen LogP contribution is 2.26. The summed E-state index contributed by atoms with van der Waals surface area (Å²) in [6, 6.07) is 6.94. The zero-order chi connectivity index (χ0) is 14.6. The maximum atomic E-state index is 11.9. The quantitative estimate of drug-likeness (QED) is 0.841. The third-order valence-electron chi connectivity index (χ3n) is 3.12. The zero-order valence-corrected chi connectivity index (χ0v) is 12.2. The fourth-order valence-corrected chi connectivity index (χ4v) is 3.69. The molecule has 1 heterocycles. The molecule has 110 valence electrons. The molecule has 1 aromatic carbocycles. The molecule has 0 radical (unpaired) electrons. The SMILES string of the molecule is CNCCC(=O)Nc1cccc(N2CCCS2(=O)=O)c1. The number of rotatable bonds is 5. The van der Waals surface area contributed by atoms with Crippen LogP contribution in [0.1, 0.15) is 12.8 Å². The summed E-state index contributed by atoms with van der Waals surface area (Å²) in [5, 5.41) is 5.67. The van der Waals surface area contributed by atoms with Crippen molar-refractivity contribution in [2.24, 2.45) is 0 Å². The van der Waals surface area contributed by atoms with Crippen LogP contribution < -0.4 is 14.9 Å². The molecular weight excluding hydrogens is 278 g/mol. The molecule has 7 heteroatoms. The van der Waals surface area contributed by atoms with Crippen LogP contribution in [0.3, 0.4) is 0 Å². The predicted octanol–water partition coefficient (Wildman–Crippen LogP) is 0.774. The van der Waals surface area contributed by atoms with Gasteiger partial charge in [0.25, 0.3) is 0 Å². The summed E-state index contributed by atoms with van der Waals surface area (Å²) in [5.74, 6) is 0.0898. The van der Waals surface area contributed by atoms with Crippen LogP contribution in [-0.4, -0.2) is 40.2 Å². The summed E-state index contributed by atoms with van der Waals surface area (Å²) < 4.78 is 25.1. The molecule has 0 atom stereocenters. The Balaban J connectivity index is 2.10. The molecule has 2 N–H and O–H groups in total. The van der Waals surface area contributed by atoms with Gasteiger partial charge >= 0.3 is 0 Å². The number of amides is 1. The first kappa shape index (κ1) is 14.8. The van der Waals surface area contributed by atoms with Gasteiger partial charge in [-0.25, -0.2) is 8.42 Å². The molecule has 0 aromatic heterocycles. The number of hydrogen-bond donors (Lipinski definition) is 2. The van der Waals surface area contributed by atoms with Crippen LogP contribution in [0.25, 0.3) is 0 Å². The van der Waals surface area contributed by atoms with Crippen LogP contribution >= 0.6 is 0 Å². The Morgan fingerprint density at radius 2 is 2.20 bits per heavy atom. The molecule has 2 rings (SSSR count). The van der Waals surface area contributed by atoms with E-state index in [9.17, 15) is 13.2 Å². The van der Waals surface area contributed by atoms with Crippen LogP contribution in [0.2, 0.25) is 0 Å². The summed E-state index contributed by atoms with van der Waals surface area (Å²) in [5.41, 5.74) is 1.22. The number of anilines is 2. The van der Waals surface area contributed by atoms with Crippen LogP contribution in [0.5, 0.6) is 0 Å². The second-order valence-corrected chi connectivity index (χ2v) is 6.71. The summed E-state index contributed by atoms with van der Waals surface area (Å²) in [6.45, 7) is 1.10. The Hall–Kier alpha value is -1.60. The molecule has 20 heavy (non-hydrogen) atoms. The maximum Gasteiger partial charge on any atom is 0.235 e. The number of benzene rings is 1. The third-order valence-corrected chi connectivity index (χ3v) is 4.99. The predicted molar refractivity (Wildman–Crippen MR) is 79.4 cm³/mol. The van der Waals surface area contributed by atoms with Gasteiger partial charge in [0.05, 0.1) is 11.4 Å². The lowest BCUT2D eigenvalue weighted by Gasteiger charge is -2.17. The third kappa shape index (κ3) is 3.49. The van der Waals surface area contributed by atoms with Gasteiger partial charge < -0.3 is 10.6 Å². The van der Waals surface area contributed by atoms with Gasteiger partial charge in [-0.3, -0.25) is 9.10 Å². The van der Waals surface area contributed by atoms with Crippen LogP contribution in [0.4, 0.5) is 11.4 Å². The minimum absolute atomic E-state index is 0.0965. The van der Waals surface area contributed by atoms with Crippen molar-refractivity contribution >= 4 is 27.3 Å². The first-order valence-corrected chi connectivity index (χ1v) is 8.19. The second-order valence-electron chi connectivity index (χ2n) is 4.69. The number of nitrogens with zero attached hydrogens (tertiary/aromatic N) is 1. The number of carbonyl (C=O) groups excluding carboxylic acids is 1. The summed E-state index contributed by atoms with van der Waals surface area (Å²) >= 11 is 0. The number of sulfonamides is 1. The standard InChI is InChI=1S/C13H19N3O3S/c1-14-7-6-13(17)15-11-4-2-5-12(10-11)16-8-3-9-20(16,18)19/h2,4-5,10,14H,3,6-9H2,1H3,(H,15,17). The number of hydrogen-bond acceptors (Lipinski definition) is 4. The first-order valence-electron chi connectivity index (χ1n) is 6.58. The van der Waals surface area contributed by atoms with Crippen molar-refractivity contribution in [2.45, 2.75) is 12.8 Å². The number of carbonyl (C=O) groups is 1. The Kier molecular flexibility index (Phi) is 4.61. The summed E-state index contributed by atoms with van der Waals surface area (Å²) in [7, 11) is -1.41. The van der Waals surface area contributed by atoms with Gasteiger partial charge in [0.15, 0.2) is 0 Å². The molecule has 0 unspecified atom stereocenters.